The number of alkyl halides is 1. The molecule has 1 N–H and O–H groups in total. The van der Waals surface area contributed by atoms with E-state index >= 15 is 0 Å². The second-order valence-corrected chi connectivity index (χ2v) is 2.37. The molecule has 1 rings (SSSR count). The van der Waals surface area contributed by atoms with Gasteiger partial charge in [0.25, 0.3) is 5.78 Å². The number of Topliss-reactive ketones (excluding diaryl/α,β-unsaturated/α-hetero) is 1. The number of hydrogen-bond donors (Lipinski definition) is 1. The van der Waals surface area contributed by atoms with Crippen LogP contribution in [0.2, 0.25) is 0 Å². The Kier molecular flexibility index (Phi) is 2.14. The van der Waals surface area contributed by atoms with E-state index in [9.17, 15) is 14.4 Å². The van der Waals surface area contributed by atoms with E-state index in [1.165, 1.54) is 0 Å². The van der Waals surface area contributed by atoms with E-state index in [0.29, 0.717) is 6.08 Å². The molecule has 0 aliphatic carbocycles. The maximum Gasteiger partial charge on any atom is 0.371 e. The minimum Gasteiger partial charge on any atom is -0.475 e. The number of ether oxygens (including phenoxy) is 1. The number of rotatable bonds is 1. The van der Waals surface area contributed by atoms with Crippen molar-refractivity contribution in [3.8, 4) is 0 Å². The van der Waals surface area contributed by atoms with Crippen molar-refractivity contribution in [2.75, 3.05) is 0 Å². The number of hydrogen-bond acceptors (Lipinski definition) is 4. The smallest absolute Gasteiger partial charge is 0.371 e. The zero-order valence-corrected chi connectivity index (χ0v) is 6.37. The Morgan fingerprint density at radius 3 is 2.58 bits per heavy atom. The predicted octanol–water partition coefficient (Wildman–Crippen LogP) is -0.312. The quantitative estimate of drug-likeness (QED) is 0.453. The molecular formula is C6H3ClO5. The summed E-state index contributed by atoms with van der Waals surface area (Å²) >= 11 is 5.20. The van der Waals surface area contributed by atoms with Gasteiger partial charge < -0.3 is 9.84 Å². The molecule has 1 atom stereocenters. The summed E-state index contributed by atoms with van der Waals surface area (Å²) < 4.78 is 4.39. The molecule has 12 heavy (non-hydrogen) atoms. The fourth-order valence-corrected chi connectivity index (χ4v) is 0.817. The van der Waals surface area contributed by atoms with Crippen molar-refractivity contribution < 1.29 is 24.2 Å². The zero-order valence-electron chi connectivity index (χ0n) is 5.61. The van der Waals surface area contributed by atoms with Crippen LogP contribution in [0.3, 0.4) is 0 Å². The summed E-state index contributed by atoms with van der Waals surface area (Å²) in [5.41, 5.74) is -1.52. The third kappa shape index (κ3) is 1.45. The molecule has 0 aromatic carbocycles. The average molecular weight is 191 g/mol. The second-order valence-electron chi connectivity index (χ2n) is 1.98. The average Bonchev–Trinajstić information content (AvgIpc) is 1.99. The number of carbonyl (C=O) groups is 3. The van der Waals surface area contributed by atoms with Gasteiger partial charge in [-0.2, -0.15) is 0 Å². The summed E-state index contributed by atoms with van der Waals surface area (Å²) in [5.74, 6) is -3.96. The minimum atomic E-state index is -1.52. The summed E-state index contributed by atoms with van der Waals surface area (Å²) in [6.45, 7) is 0. The molecule has 1 unspecified atom stereocenters. The molecule has 0 bridgehead atoms. The van der Waals surface area contributed by atoms with Crippen LogP contribution in [0.25, 0.3) is 0 Å². The van der Waals surface area contributed by atoms with Gasteiger partial charge in [-0.15, -0.1) is 0 Å². The van der Waals surface area contributed by atoms with Crippen molar-refractivity contribution >= 4 is 29.1 Å². The third-order valence-electron chi connectivity index (χ3n) is 1.15. The Labute approximate surface area is 71.6 Å². The van der Waals surface area contributed by atoms with Crippen molar-refractivity contribution in [2.24, 2.45) is 0 Å². The van der Waals surface area contributed by atoms with E-state index in [2.05, 4.69) is 4.74 Å². The third-order valence-corrected chi connectivity index (χ3v) is 1.44. The first-order chi connectivity index (χ1) is 5.52. The van der Waals surface area contributed by atoms with Crippen LogP contribution >= 0.6 is 11.6 Å². The van der Waals surface area contributed by atoms with Crippen LogP contribution in [0.15, 0.2) is 11.8 Å². The van der Waals surface area contributed by atoms with E-state index in [1.54, 1.807) is 0 Å². The normalized spacial score (nSPS) is 23.1. The maximum absolute atomic E-state index is 10.7. The fraction of sp³-hybridized carbons (Fsp3) is 0.167. The Hall–Kier alpha value is -1.36. The van der Waals surface area contributed by atoms with Crippen LogP contribution in [-0.4, -0.2) is 28.2 Å². The van der Waals surface area contributed by atoms with Crippen LogP contribution in [0, 0.1) is 0 Å². The summed E-state index contributed by atoms with van der Waals surface area (Å²) in [6.07, 6.45) is 0.601. The van der Waals surface area contributed by atoms with Crippen LogP contribution in [0.5, 0.6) is 0 Å². The minimum absolute atomic E-state index is 0.601. The first kappa shape index (κ1) is 8.73. The molecule has 0 spiro atoms. The lowest BCUT2D eigenvalue weighted by atomic mass is 10.2. The Morgan fingerprint density at radius 2 is 2.17 bits per heavy atom. The van der Waals surface area contributed by atoms with Gasteiger partial charge in [0, 0.05) is 6.08 Å². The highest BCUT2D eigenvalue weighted by molar-refractivity contribution is 6.52. The Morgan fingerprint density at radius 1 is 1.58 bits per heavy atom. The van der Waals surface area contributed by atoms with Crippen molar-refractivity contribution in [1.82, 2.24) is 0 Å². The lowest BCUT2D eigenvalue weighted by Gasteiger charge is -2.14. The Balaban J connectivity index is 2.96. The van der Waals surface area contributed by atoms with Crippen LogP contribution < -0.4 is 0 Å². The van der Waals surface area contributed by atoms with E-state index < -0.39 is 28.9 Å². The van der Waals surface area contributed by atoms with Gasteiger partial charge in [0.15, 0.2) is 0 Å². The van der Waals surface area contributed by atoms with Crippen molar-refractivity contribution in [3.63, 3.8) is 0 Å². The van der Waals surface area contributed by atoms with Gasteiger partial charge in [-0.1, -0.05) is 11.6 Å². The van der Waals surface area contributed by atoms with Gasteiger partial charge in [-0.3, -0.25) is 9.59 Å². The molecule has 1 aliphatic rings. The predicted molar refractivity (Wildman–Crippen MR) is 36.5 cm³/mol. The van der Waals surface area contributed by atoms with Gasteiger partial charge in [0.2, 0.25) is 17.1 Å². The number of carboxylic acid groups (broad SMARTS) is 1. The molecule has 0 fully saturated rings. The van der Waals surface area contributed by atoms with Gasteiger partial charge in [-0.05, 0) is 0 Å². The summed E-state index contributed by atoms with van der Waals surface area (Å²) in [7, 11) is 0. The van der Waals surface area contributed by atoms with E-state index in [0.717, 1.165) is 0 Å². The molecule has 0 amide bonds. The largest absolute Gasteiger partial charge is 0.475 e. The SMILES string of the molecule is O=C(O)C1=CC(=O)C(=O)C(Cl)O1. The molecule has 0 aromatic heterocycles. The van der Waals surface area contributed by atoms with Crippen molar-refractivity contribution in [1.29, 1.82) is 0 Å². The van der Waals surface area contributed by atoms with Gasteiger partial charge in [0.05, 0.1) is 0 Å². The van der Waals surface area contributed by atoms with Gasteiger partial charge in [-0.25, -0.2) is 4.79 Å². The molecule has 64 valence electrons. The summed E-state index contributed by atoms with van der Waals surface area (Å²) in [5, 5.41) is 8.34. The highest BCUT2D eigenvalue weighted by atomic mass is 35.5. The number of aliphatic carboxylic acids is 1. The van der Waals surface area contributed by atoms with E-state index in [-0.39, 0.29) is 0 Å². The number of halogens is 1. The maximum atomic E-state index is 10.7. The molecule has 0 saturated carbocycles. The molecular weight excluding hydrogens is 188 g/mol. The topological polar surface area (TPSA) is 80.7 Å². The molecule has 6 heteroatoms. The van der Waals surface area contributed by atoms with Crippen molar-refractivity contribution in [2.45, 2.75) is 5.56 Å². The second kappa shape index (κ2) is 2.94. The lowest BCUT2D eigenvalue weighted by Crippen LogP contribution is -2.31. The summed E-state index contributed by atoms with van der Waals surface area (Å²) in [6, 6.07) is 0. The van der Waals surface area contributed by atoms with Crippen LogP contribution in [0.1, 0.15) is 0 Å². The van der Waals surface area contributed by atoms with Crippen LogP contribution in [-0.2, 0) is 19.1 Å². The number of allylic oxidation sites excluding steroid dienone is 1. The van der Waals surface area contributed by atoms with E-state index in [1.807, 2.05) is 0 Å². The molecule has 1 aliphatic heterocycles. The van der Waals surface area contributed by atoms with E-state index in [4.69, 9.17) is 16.7 Å². The number of ketones is 2. The summed E-state index contributed by atoms with van der Waals surface area (Å²) in [4.78, 5) is 31.6. The Bertz CT molecular complexity index is 292. The fourth-order valence-electron chi connectivity index (χ4n) is 0.613. The van der Waals surface area contributed by atoms with Gasteiger partial charge >= 0.3 is 5.97 Å². The monoisotopic (exact) mass is 190 g/mol. The molecule has 0 aromatic rings. The van der Waals surface area contributed by atoms with Crippen molar-refractivity contribution in [3.05, 3.63) is 11.8 Å². The molecule has 0 radical (unpaired) electrons. The molecule has 0 saturated heterocycles. The first-order valence-electron chi connectivity index (χ1n) is 2.86. The number of carboxylic acids is 1. The lowest BCUT2D eigenvalue weighted by molar-refractivity contribution is -0.144. The molecule has 1 heterocycles. The standard InChI is InChI=1S/C6H3ClO5/c7-5-4(9)2(8)1-3(12-5)6(10)11/h1,5H,(H,10,11). The zero-order chi connectivity index (χ0) is 9.30. The number of carbonyl (C=O) groups excluding carboxylic acids is 2. The van der Waals surface area contributed by atoms with Gasteiger partial charge in [0.1, 0.15) is 0 Å². The molecule has 5 nitrogen and oxygen atoms in total. The highest BCUT2D eigenvalue weighted by Gasteiger charge is 2.32. The van der Waals surface area contributed by atoms with Crippen LogP contribution in [0.4, 0.5) is 0 Å². The first-order valence-corrected chi connectivity index (χ1v) is 3.30. The highest BCUT2D eigenvalue weighted by Crippen LogP contribution is 2.14.